The predicted octanol–water partition coefficient (Wildman–Crippen LogP) is 2.45. The zero-order valence-electron chi connectivity index (χ0n) is 13.9. The molecule has 0 spiro atoms. The van der Waals surface area contributed by atoms with Gasteiger partial charge in [0.05, 0.1) is 19.2 Å². The zero-order chi connectivity index (χ0) is 17.1. The van der Waals surface area contributed by atoms with Gasteiger partial charge in [0.25, 0.3) is 0 Å². The highest BCUT2D eigenvalue weighted by atomic mass is 16.5. The Hall–Kier alpha value is -2.69. The number of benzene rings is 1. The summed E-state index contributed by atoms with van der Waals surface area (Å²) in [5, 5.41) is 0. The molecule has 0 radical (unpaired) electrons. The van der Waals surface area contributed by atoms with Crippen LogP contribution in [0, 0.1) is 6.92 Å². The van der Waals surface area contributed by atoms with Gasteiger partial charge in [-0.2, -0.15) is 0 Å². The maximum absolute atomic E-state index is 13.0. The van der Waals surface area contributed by atoms with E-state index >= 15 is 0 Å². The number of aryl methyl sites for hydroxylation is 2. The molecule has 0 bridgehead atoms. The second-order valence-electron chi connectivity index (χ2n) is 5.95. The molecular weight excluding hydrogens is 304 g/mol. The van der Waals surface area contributed by atoms with Crippen molar-refractivity contribution in [1.82, 2.24) is 4.98 Å². The lowest BCUT2D eigenvalue weighted by Gasteiger charge is -2.35. The average Bonchev–Trinajstić information content (AvgIpc) is 2.61. The number of esters is 1. The van der Waals surface area contributed by atoms with Gasteiger partial charge in [-0.05, 0) is 42.5 Å². The van der Waals surface area contributed by atoms with Crippen LogP contribution in [0.3, 0.4) is 0 Å². The fraction of sp³-hybridized carbons (Fsp3) is 0.316. The lowest BCUT2D eigenvalue weighted by atomic mass is 9.95. The van der Waals surface area contributed by atoms with Crippen LogP contribution in [0.1, 0.15) is 23.1 Å². The van der Waals surface area contributed by atoms with Crippen molar-refractivity contribution >= 4 is 17.6 Å². The summed E-state index contributed by atoms with van der Waals surface area (Å²) >= 11 is 0. The van der Waals surface area contributed by atoms with Crippen molar-refractivity contribution in [1.29, 1.82) is 0 Å². The van der Waals surface area contributed by atoms with Crippen LogP contribution in [-0.4, -0.2) is 30.0 Å². The highest BCUT2D eigenvalue weighted by Crippen LogP contribution is 2.31. The number of carbonyl (C=O) groups is 2. The second kappa shape index (κ2) is 6.83. The van der Waals surface area contributed by atoms with Gasteiger partial charge in [0.15, 0.2) is 0 Å². The molecule has 124 valence electrons. The molecule has 1 unspecified atom stereocenters. The maximum atomic E-state index is 13.0. The van der Waals surface area contributed by atoms with Crippen LogP contribution in [0.15, 0.2) is 42.7 Å². The van der Waals surface area contributed by atoms with Gasteiger partial charge in [0.2, 0.25) is 5.91 Å². The van der Waals surface area contributed by atoms with E-state index in [9.17, 15) is 9.59 Å². The molecule has 2 heterocycles. The summed E-state index contributed by atoms with van der Waals surface area (Å²) in [6, 6.07) is 9.00. The molecule has 1 aliphatic rings. The molecule has 0 saturated carbocycles. The van der Waals surface area contributed by atoms with Crippen LogP contribution in [0.5, 0.6) is 0 Å². The molecular formula is C19H20N2O3. The molecule has 0 N–H and O–H groups in total. The number of carbonyl (C=O) groups excluding carboxylic acids is 2. The summed E-state index contributed by atoms with van der Waals surface area (Å²) in [5.74, 6) is -0.484. The number of rotatable bonds is 3. The first-order chi connectivity index (χ1) is 11.6. The summed E-state index contributed by atoms with van der Waals surface area (Å²) in [5.41, 5.74) is 3.76. The van der Waals surface area contributed by atoms with Gasteiger partial charge < -0.3 is 4.74 Å². The molecule has 2 aromatic rings. The number of methoxy groups -OCH3 is 1. The molecule has 1 amide bonds. The van der Waals surface area contributed by atoms with Crippen LogP contribution in [0.25, 0.3) is 0 Å². The van der Waals surface area contributed by atoms with Crippen molar-refractivity contribution in [2.75, 3.05) is 12.0 Å². The number of anilines is 1. The minimum Gasteiger partial charge on any atom is -0.467 e. The molecule has 1 atom stereocenters. The van der Waals surface area contributed by atoms with E-state index in [0.717, 1.165) is 22.4 Å². The standard InChI is InChI=1S/C19H20N2O3/c1-13-5-3-4-6-14(13)11-18(22)21-16-9-10-20-12-15(16)7-8-17(21)19(23)24-2/h3-6,9-10,12,17H,7-8,11H2,1-2H3. The van der Waals surface area contributed by atoms with Gasteiger partial charge in [-0.1, -0.05) is 24.3 Å². The summed E-state index contributed by atoms with van der Waals surface area (Å²) in [7, 11) is 1.36. The zero-order valence-corrected chi connectivity index (χ0v) is 13.9. The minimum absolute atomic E-state index is 0.105. The number of ether oxygens (including phenoxy) is 1. The Bertz CT molecular complexity index is 773. The Morgan fingerprint density at radius 1 is 1.29 bits per heavy atom. The number of hydrogen-bond donors (Lipinski definition) is 0. The second-order valence-corrected chi connectivity index (χ2v) is 5.95. The largest absolute Gasteiger partial charge is 0.467 e. The average molecular weight is 324 g/mol. The molecule has 1 aromatic carbocycles. The Labute approximate surface area is 141 Å². The molecule has 24 heavy (non-hydrogen) atoms. The monoisotopic (exact) mass is 324 g/mol. The normalized spacial score (nSPS) is 16.4. The first-order valence-electron chi connectivity index (χ1n) is 7.99. The summed E-state index contributed by atoms with van der Waals surface area (Å²) < 4.78 is 4.91. The van der Waals surface area contributed by atoms with E-state index < -0.39 is 6.04 Å². The van der Waals surface area contributed by atoms with Crippen LogP contribution in [0.2, 0.25) is 0 Å². The first kappa shape index (κ1) is 16.2. The fourth-order valence-corrected chi connectivity index (χ4v) is 3.16. The van der Waals surface area contributed by atoms with Crippen LogP contribution in [-0.2, 0) is 27.2 Å². The van der Waals surface area contributed by atoms with Gasteiger partial charge in [0, 0.05) is 12.4 Å². The molecule has 1 aliphatic heterocycles. The van der Waals surface area contributed by atoms with Gasteiger partial charge in [-0.15, -0.1) is 0 Å². The van der Waals surface area contributed by atoms with Crippen molar-refractivity contribution in [2.45, 2.75) is 32.2 Å². The van der Waals surface area contributed by atoms with Crippen LogP contribution >= 0.6 is 0 Å². The molecule has 0 aliphatic carbocycles. The van der Waals surface area contributed by atoms with Gasteiger partial charge >= 0.3 is 5.97 Å². The topological polar surface area (TPSA) is 59.5 Å². The van der Waals surface area contributed by atoms with Gasteiger partial charge in [-0.3, -0.25) is 14.7 Å². The number of fused-ring (bicyclic) bond motifs is 1. The number of hydrogen-bond acceptors (Lipinski definition) is 4. The number of amides is 1. The quantitative estimate of drug-likeness (QED) is 0.814. The lowest BCUT2D eigenvalue weighted by Crippen LogP contribution is -2.49. The van der Waals surface area contributed by atoms with E-state index in [1.807, 2.05) is 31.2 Å². The Morgan fingerprint density at radius 2 is 2.08 bits per heavy atom. The lowest BCUT2D eigenvalue weighted by molar-refractivity contribution is -0.143. The van der Waals surface area contributed by atoms with Crippen molar-refractivity contribution in [3.63, 3.8) is 0 Å². The first-order valence-corrected chi connectivity index (χ1v) is 7.99. The third-order valence-corrected chi connectivity index (χ3v) is 4.48. The van der Waals surface area contributed by atoms with E-state index in [-0.39, 0.29) is 18.3 Å². The van der Waals surface area contributed by atoms with E-state index in [4.69, 9.17) is 4.74 Å². The van der Waals surface area contributed by atoms with E-state index in [2.05, 4.69) is 4.98 Å². The fourth-order valence-electron chi connectivity index (χ4n) is 3.16. The molecule has 0 saturated heterocycles. The minimum atomic E-state index is -0.582. The Morgan fingerprint density at radius 3 is 2.83 bits per heavy atom. The van der Waals surface area contributed by atoms with Crippen LogP contribution < -0.4 is 4.90 Å². The van der Waals surface area contributed by atoms with Crippen molar-refractivity contribution in [3.8, 4) is 0 Å². The highest BCUT2D eigenvalue weighted by Gasteiger charge is 2.36. The van der Waals surface area contributed by atoms with Crippen LogP contribution in [0.4, 0.5) is 5.69 Å². The molecule has 3 rings (SSSR count). The highest BCUT2D eigenvalue weighted by molar-refractivity contribution is 6.01. The van der Waals surface area contributed by atoms with Crippen molar-refractivity contribution in [2.24, 2.45) is 0 Å². The maximum Gasteiger partial charge on any atom is 0.328 e. The third-order valence-electron chi connectivity index (χ3n) is 4.48. The molecule has 5 nitrogen and oxygen atoms in total. The van der Waals surface area contributed by atoms with E-state index in [1.165, 1.54) is 7.11 Å². The molecule has 0 fully saturated rings. The molecule has 1 aromatic heterocycles. The Balaban J connectivity index is 1.96. The van der Waals surface area contributed by atoms with Crippen molar-refractivity contribution in [3.05, 3.63) is 59.4 Å². The van der Waals surface area contributed by atoms with E-state index in [1.54, 1.807) is 23.4 Å². The number of aromatic nitrogens is 1. The third kappa shape index (κ3) is 3.02. The molecule has 5 heteroatoms. The number of pyridine rings is 1. The van der Waals surface area contributed by atoms with Gasteiger partial charge in [-0.25, -0.2) is 4.79 Å². The van der Waals surface area contributed by atoms with Gasteiger partial charge in [0.1, 0.15) is 6.04 Å². The summed E-state index contributed by atoms with van der Waals surface area (Å²) in [6.07, 6.45) is 4.91. The number of nitrogens with zero attached hydrogens (tertiary/aromatic N) is 2. The SMILES string of the molecule is COC(=O)C1CCc2cnccc2N1C(=O)Cc1ccccc1C. The predicted molar refractivity (Wildman–Crippen MR) is 90.7 cm³/mol. The summed E-state index contributed by atoms with van der Waals surface area (Å²) in [6.45, 7) is 1.98. The Kier molecular flexibility index (Phi) is 4.60. The van der Waals surface area contributed by atoms with Crippen molar-refractivity contribution < 1.29 is 14.3 Å². The summed E-state index contributed by atoms with van der Waals surface area (Å²) in [4.78, 5) is 30.9. The van der Waals surface area contributed by atoms with E-state index in [0.29, 0.717) is 12.8 Å². The smallest absolute Gasteiger partial charge is 0.328 e.